The third kappa shape index (κ3) is 5.06. The number of nitrogens with one attached hydrogen (secondary N) is 1. The van der Waals surface area contributed by atoms with Crippen LogP contribution in [0.5, 0.6) is 0 Å². The van der Waals surface area contributed by atoms with E-state index < -0.39 is 12.0 Å². The Labute approximate surface area is 126 Å². The number of carbonyl (C=O) groups is 2. The van der Waals surface area contributed by atoms with Gasteiger partial charge in [-0.05, 0) is 37.0 Å². The Bertz CT molecular complexity index is 535. The third-order valence-electron chi connectivity index (χ3n) is 3.06. The minimum Gasteiger partial charge on any atom is -0.460 e. The SMILES string of the molecule is C=C(C)COC(=O)C(NC(=O)c1ccccc1C)C(C)C. The number of hydrogen-bond donors (Lipinski definition) is 1. The zero-order chi connectivity index (χ0) is 16.0. The van der Waals surface area contributed by atoms with Crippen LogP contribution in [0.2, 0.25) is 0 Å². The van der Waals surface area contributed by atoms with Crippen molar-refractivity contribution in [1.82, 2.24) is 5.32 Å². The second-order valence-electron chi connectivity index (χ2n) is 5.57. The molecule has 0 saturated carbocycles. The summed E-state index contributed by atoms with van der Waals surface area (Å²) in [5.41, 5.74) is 2.19. The topological polar surface area (TPSA) is 55.4 Å². The van der Waals surface area contributed by atoms with E-state index in [-0.39, 0.29) is 18.4 Å². The molecule has 4 heteroatoms. The lowest BCUT2D eigenvalue weighted by atomic mass is 10.0. The number of esters is 1. The Balaban J connectivity index is 2.79. The van der Waals surface area contributed by atoms with E-state index >= 15 is 0 Å². The molecule has 0 bridgehead atoms. The molecule has 4 nitrogen and oxygen atoms in total. The lowest BCUT2D eigenvalue weighted by Gasteiger charge is -2.21. The molecule has 1 unspecified atom stereocenters. The highest BCUT2D eigenvalue weighted by Gasteiger charge is 2.26. The van der Waals surface area contributed by atoms with Crippen LogP contribution in [0.15, 0.2) is 36.4 Å². The van der Waals surface area contributed by atoms with Crippen molar-refractivity contribution in [2.75, 3.05) is 6.61 Å². The standard InChI is InChI=1S/C17H23NO3/c1-11(2)10-21-17(20)15(12(3)4)18-16(19)14-9-7-6-8-13(14)5/h6-9,12,15H,1,10H2,2-5H3,(H,18,19). The lowest BCUT2D eigenvalue weighted by Crippen LogP contribution is -2.45. The van der Waals surface area contributed by atoms with Crippen LogP contribution in [0.1, 0.15) is 36.7 Å². The van der Waals surface area contributed by atoms with Crippen molar-refractivity contribution in [3.63, 3.8) is 0 Å². The number of hydrogen-bond acceptors (Lipinski definition) is 3. The van der Waals surface area contributed by atoms with Crippen molar-refractivity contribution in [2.45, 2.75) is 33.7 Å². The fourth-order valence-electron chi connectivity index (χ4n) is 1.83. The van der Waals surface area contributed by atoms with Gasteiger partial charge in [-0.3, -0.25) is 4.79 Å². The number of aryl methyl sites for hydroxylation is 1. The van der Waals surface area contributed by atoms with Crippen LogP contribution >= 0.6 is 0 Å². The summed E-state index contributed by atoms with van der Waals surface area (Å²) in [7, 11) is 0. The van der Waals surface area contributed by atoms with Gasteiger partial charge in [0.25, 0.3) is 5.91 Å². The molecule has 21 heavy (non-hydrogen) atoms. The van der Waals surface area contributed by atoms with Gasteiger partial charge in [0.15, 0.2) is 0 Å². The maximum Gasteiger partial charge on any atom is 0.329 e. The summed E-state index contributed by atoms with van der Waals surface area (Å²) >= 11 is 0. The van der Waals surface area contributed by atoms with E-state index in [1.54, 1.807) is 19.1 Å². The van der Waals surface area contributed by atoms with Crippen LogP contribution in [0, 0.1) is 12.8 Å². The average molecular weight is 289 g/mol. The number of ether oxygens (including phenoxy) is 1. The molecule has 114 valence electrons. The quantitative estimate of drug-likeness (QED) is 0.647. The molecule has 0 radical (unpaired) electrons. The van der Waals surface area contributed by atoms with E-state index in [4.69, 9.17) is 4.74 Å². The van der Waals surface area contributed by atoms with Crippen molar-refractivity contribution in [3.05, 3.63) is 47.5 Å². The van der Waals surface area contributed by atoms with Gasteiger partial charge in [-0.15, -0.1) is 0 Å². The van der Waals surface area contributed by atoms with Gasteiger partial charge in [0.1, 0.15) is 12.6 Å². The van der Waals surface area contributed by atoms with Crippen LogP contribution in [0.25, 0.3) is 0 Å². The van der Waals surface area contributed by atoms with E-state index in [0.717, 1.165) is 11.1 Å². The fraction of sp³-hybridized carbons (Fsp3) is 0.412. The molecule has 1 aromatic carbocycles. The van der Waals surface area contributed by atoms with Crippen LogP contribution < -0.4 is 5.32 Å². The van der Waals surface area contributed by atoms with Gasteiger partial charge in [-0.1, -0.05) is 38.6 Å². The lowest BCUT2D eigenvalue weighted by molar-refractivity contribution is -0.146. The first-order valence-corrected chi connectivity index (χ1v) is 7.00. The van der Waals surface area contributed by atoms with Gasteiger partial charge in [-0.2, -0.15) is 0 Å². The minimum atomic E-state index is -0.670. The molecule has 1 atom stereocenters. The van der Waals surface area contributed by atoms with E-state index in [1.165, 1.54) is 0 Å². The normalized spacial score (nSPS) is 11.9. The molecule has 0 aliphatic carbocycles. The van der Waals surface area contributed by atoms with Gasteiger partial charge >= 0.3 is 5.97 Å². The number of rotatable bonds is 6. The van der Waals surface area contributed by atoms with Crippen molar-refractivity contribution in [2.24, 2.45) is 5.92 Å². The summed E-state index contributed by atoms with van der Waals surface area (Å²) in [6.07, 6.45) is 0. The first-order chi connectivity index (χ1) is 9.82. The van der Waals surface area contributed by atoms with Crippen molar-refractivity contribution < 1.29 is 14.3 Å². The van der Waals surface area contributed by atoms with Crippen molar-refractivity contribution in [1.29, 1.82) is 0 Å². The van der Waals surface area contributed by atoms with Crippen LogP contribution in [-0.2, 0) is 9.53 Å². The highest BCUT2D eigenvalue weighted by Crippen LogP contribution is 2.10. The molecule has 0 aliphatic rings. The summed E-state index contributed by atoms with van der Waals surface area (Å²) in [5.74, 6) is -0.760. The molecule has 1 N–H and O–H groups in total. The largest absolute Gasteiger partial charge is 0.460 e. The van der Waals surface area contributed by atoms with Crippen LogP contribution in [0.4, 0.5) is 0 Å². The Morgan fingerprint density at radius 1 is 1.29 bits per heavy atom. The Hall–Kier alpha value is -2.10. The first-order valence-electron chi connectivity index (χ1n) is 7.00. The zero-order valence-corrected chi connectivity index (χ0v) is 13.1. The minimum absolute atomic E-state index is 0.0596. The first kappa shape index (κ1) is 17.0. The molecular formula is C17H23NO3. The second kappa shape index (κ2) is 7.62. The monoisotopic (exact) mass is 289 g/mol. The van der Waals surface area contributed by atoms with Crippen molar-refractivity contribution in [3.8, 4) is 0 Å². The predicted molar refractivity (Wildman–Crippen MR) is 83.0 cm³/mol. The highest BCUT2D eigenvalue weighted by atomic mass is 16.5. The summed E-state index contributed by atoms with van der Waals surface area (Å²) in [6, 6.07) is 6.59. The molecule has 1 rings (SSSR count). The molecule has 0 saturated heterocycles. The molecule has 0 aromatic heterocycles. The van der Waals surface area contributed by atoms with Gasteiger partial charge in [0.2, 0.25) is 0 Å². The summed E-state index contributed by atoms with van der Waals surface area (Å²) in [5, 5.41) is 2.75. The van der Waals surface area contributed by atoms with E-state index in [2.05, 4.69) is 11.9 Å². The highest BCUT2D eigenvalue weighted by molar-refractivity contribution is 5.98. The smallest absolute Gasteiger partial charge is 0.329 e. The predicted octanol–water partition coefficient (Wildman–Crippen LogP) is 2.87. The van der Waals surface area contributed by atoms with Crippen LogP contribution in [-0.4, -0.2) is 24.5 Å². The number of benzene rings is 1. The fourth-order valence-corrected chi connectivity index (χ4v) is 1.83. The van der Waals surface area contributed by atoms with Gasteiger partial charge < -0.3 is 10.1 Å². The number of carbonyl (C=O) groups excluding carboxylic acids is 2. The molecule has 0 heterocycles. The molecule has 1 amide bonds. The summed E-state index contributed by atoms with van der Waals surface area (Å²) in [6.45, 7) is 11.2. The molecular weight excluding hydrogens is 266 g/mol. The molecule has 0 spiro atoms. The second-order valence-corrected chi connectivity index (χ2v) is 5.57. The number of amides is 1. The van der Waals surface area contributed by atoms with E-state index in [0.29, 0.717) is 5.56 Å². The molecule has 0 fully saturated rings. The van der Waals surface area contributed by atoms with Crippen molar-refractivity contribution >= 4 is 11.9 Å². The van der Waals surface area contributed by atoms with Crippen LogP contribution in [0.3, 0.4) is 0 Å². The molecule has 0 aliphatic heterocycles. The third-order valence-corrected chi connectivity index (χ3v) is 3.06. The maximum atomic E-state index is 12.3. The van der Waals surface area contributed by atoms with Gasteiger partial charge in [0.05, 0.1) is 0 Å². The Kier molecular flexibility index (Phi) is 6.15. The Morgan fingerprint density at radius 3 is 2.43 bits per heavy atom. The molecule has 1 aromatic rings. The average Bonchev–Trinajstić information content (AvgIpc) is 2.42. The summed E-state index contributed by atoms with van der Waals surface area (Å²) < 4.78 is 5.14. The van der Waals surface area contributed by atoms with Gasteiger partial charge in [0, 0.05) is 5.56 Å². The zero-order valence-electron chi connectivity index (χ0n) is 13.1. The van der Waals surface area contributed by atoms with Gasteiger partial charge in [-0.25, -0.2) is 4.79 Å². The Morgan fingerprint density at radius 2 is 1.90 bits per heavy atom. The van der Waals surface area contributed by atoms with E-state index in [9.17, 15) is 9.59 Å². The van der Waals surface area contributed by atoms with E-state index in [1.807, 2.05) is 32.9 Å². The summed E-state index contributed by atoms with van der Waals surface area (Å²) in [4.78, 5) is 24.3. The maximum absolute atomic E-state index is 12.3.